The molecule has 0 spiro atoms. The number of rotatable bonds is 2. The summed E-state index contributed by atoms with van der Waals surface area (Å²) in [7, 11) is 0. The molecule has 0 saturated carbocycles. The van der Waals surface area contributed by atoms with E-state index in [0.29, 0.717) is 5.69 Å². The highest BCUT2D eigenvalue weighted by molar-refractivity contribution is 5.16. The lowest BCUT2D eigenvalue weighted by atomic mass is 10.1. The molecule has 1 aliphatic heterocycles. The maximum atomic E-state index is 9.76. The van der Waals surface area contributed by atoms with Gasteiger partial charge in [0, 0.05) is 6.20 Å². The first-order chi connectivity index (χ1) is 7.63. The van der Waals surface area contributed by atoms with Crippen LogP contribution in [0, 0.1) is 6.92 Å². The van der Waals surface area contributed by atoms with Gasteiger partial charge >= 0.3 is 0 Å². The molecule has 0 unspecified atom stereocenters. The smallest absolute Gasteiger partial charge is 0.128 e. The molecule has 1 fully saturated rings. The third-order valence-electron chi connectivity index (χ3n) is 2.77. The molecule has 1 aliphatic rings. The Bertz CT molecular complexity index is 354. The van der Waals surface area contributed by atoms with Crippen LogP contribution < -0.4 is 0 Å². The number of aliphatic hydroxyl groups excluding tert-OH is 3. The number of aromatic nitrogens is 1. The first kappa shape index (κ1) is 11.5. The minimum absolute atomic E-state index is 0.319. The van der Waals surface area contributed by atoms with Crippen molar-refractivity contribution in [3.63, 3.8) is 0 Å². The molecule has 1 saturated heterocycles. The Balaban J connectivity index is 2.19. The van der Waals surface area contributed by atoms with Gasteiger partial charge in [0.05, 0.1) is 12.3 Å². The van der Waals surface area contributed by atoms with Crippen molar-refractivity contribution in [2.24, 2.45) is 0 Å². The van der Waals surface area contributed by atoms with E-state index in [2.05, 4.69) is 4.98 Å². The zero-order chi connectivity index (χ0) is 11.7. The second-order valence-electron chi connectivity index (χ2n) is 4.02. The molecule has 0 aromatic carbocycles. The van der Waals surface area contributed by atoms with Crippen LogP contribution in [0.4, 0.5) is 0 Å². The Labute approximate surface area is 93.3 Å². The standard InChI is InChI=1S/C11H15NO4/c1-6-2-3-7(12-4-6)11-10(15)9(14)8(5-13)16-11/h2-4,8-11,13-15H,5H2,1H3/t8-,9-,10-,11+/m1/s1. The van der Waals surface area contributed by atoms with Crippen LogP contribution in [0.2, 0.25) is 0 Å². The van der Waals surface area contributed by atoms with Crippen molar-refractivity contribution in [3.8, 4) is 0 Å². The fourth-order valence-corrected chi connectivity index (χ4v) is 1.79. The van der Waals surface area contributed by atoms with E-state index in [1.807, 2.05) is 13.0 Å². The molecule has 2 rings (SSSR count). The second-order valence-corrected chi connectivity index (χ2v) is 4.02. The van der Waals surface area contributed by atoms with Crippen LogP contribution in [0.25, 0.3) is 0 Å². The lowest BCUT2D eigenvalue weighted by molar-refractivity contribution is -0.0239. The maximum absolute atomic E-state index is 9.76. The van der Waals surface area contributed by atoms with Crippen molar-refractivity contribution in [2.75, 3.05) is 6.61 Å². The summed E-state index contributed by atoms with van der Waals surface area (Å²) in [6.45, 7) is 1.59. The Morgan fingerprint density at radius 3 is 2.56 bits per heavy atom. The molecule has 2 heterocycles. The average Bonchev–Trinajstić information content (AvgIpc) is 2.57. The lowest BCUT2D eigenvalue weighted by Gasteiger charge is -2.13. The summed E-state index contributed by atoms with van der Waals surface area (Å²) in [5, 5.41) is 28.3. The van der Waals surface area contributed by atoms with Crippen LogP contribution in [0.3, 0.4) is 0 Å². The topological polar surface area (TPSA) is 82.8 Å². The normalized spacial score (nSPS) is 34.2. The Kier molecular flexibility index (Phi) is 3.20. The van der Waals surface area contributed by atoms with Gasteiger partial charge in [-0.1, -0.05) is 6.07 Å². The molecule has 3 N–H and O–H groups in total. The maximum Gasteiger partial charge on any atom is 0.128 e. The number of ether oxygens (including phenoxy) is 1. The monoisotopic (exact) mass is 225 g/mol. The summed E-state index contributed by atoms with van der Waals surface area (Å²) in [4.78, 5) is 4.14. The van der Waals surface area contributed by atoms with Crippen molar-refractivity contribution in [1.82, 2.24) is 4.98 Å². The minimum Gasteiger partial charge on any atom is -0.394 e. The predicted molar refractivity (Wildman–Crippen MR) is 55.7 cm³/mol. The number of hydrogen-bond acceptors (Lipinski definition) is 5. The fraction of sp³-hybridized carbons (Fsp3) is 0.545. The molecule has 0 aliphatic carbocycles. The molecule has 88 valence electrons. The van der Waals surface area contributed by atoms with E-state index < -0.39 is 24.4 Å². The van der Waals surface area contributed by atoms with Crippen molar-refractivity contribution >= 4 is 0 Å². The van der Waals surface area contributed by atoms with E-state index in [-0.39, 0.29) is 6.61 Å². The summed E-state index contributed by atoms with van der Waals surface area (Å²) in [5.74, 6) is 0. The SMILES string of the molecule is Cc1ccc([C@@H]2O[C@H](CO)[C@@H](O)[C@H]2O)nc1. The summed E-state index contributed by atoms with van der Waals surface area (Å²) in [6, 6.07) is 3.60. The molecule has 5 heteroatoms. The molecule has 0 bridgehead atoms. The third-order valence-corrected chi connectivity index (χ3v) is 2.77. The molecule has 4 atom stereocenters. The second kappa shape index (κ2) is 4.47. The Hall–Kier alpha value is -1.01. The van der Waals surface area contributed by atoms with Gasteiger partial charge < -0.3 is 20.1 Å². The first-order valence-electron chi connectivity index (χ1n) is 5.18. The van der Waals surface area contributed by atoms with Gasteiger partial charge in [-0.05, 0) is 18.6 Å². The van der Waals surface area contributed by atoms with E-state index in [1.54, 1.807) is 12.3 Å². The van der Waals surface area contributed by atoms with E-state index in [4.69, 9.17) is 9.84 Å². The molecule has 1 aromatic heterocycles. The van der Waals surface area contributed by atoms with E-state index in [0.717, 1.165) is 5.56 Å². The molecule has 5 nitrogen and oxygen atoms in total. The van der Waals surface area contributed by atoms with Gasteiger partial charge in [0.25, 0.3) is 0 Å². The van der Waals surface area contributed by atoms with Gasteiger partial charge in [-0.2, -0.15) is 0 Å². The highest BCUT2D eigenvalue weighted by Crippen LogP contribution is 2.32. The average molecular weight is 225 g/mol. The molecular formula is C11H15NO4. The minimum atomic E-state index is -1.07. The van der Waals surface area contributed by atoms with Crippen molar-refractivity contribution in [2.45, 2.75) is 31.3 Å². The van der Waals surface area contributed by atoms with Crippen LogP contribution in [0.15, 0.2) is 18.3 Å². The molecule has 0 amide bonds. The summed E-state index contributed by atoms with van der Waals surface area (Å²) < 4.78 is 5.35. The summed E-state index contributed by atoms with van der Waals surface area (Å²) in [5.41, 5.74) is 1.57. The van der Waals surface area contributed by atoms with E-state index in [1.165, 1.54) is 0 Å². The number of hydrogen-bond donors (Lipinski definition) is 3. The summed E-state index contributed by atoms with van der Waals surface area (Å²) >= 11 is 0. The van der Waals surface area contributed by atoms with Crippen LogP contribution in [-0.4, -0.2) is 45.2 Å². The largest absolute Gasteiger partial charge is 0.394 e. The van der Waals surface area contributed by atoms with Crippen LogP contribution >= 0.6 is 0 Å². The lowest BCUT2D eigenvalue weighted by Crippen LogP contribution is -2.32. The molecule has 0 radical (unpaired) electrons. The zero-order valence-corrected chi connectivity index (χ0v) is 8.95. The van der Waals surface area contributed by atoms with Crippen LogP contribution in [-0.2, 0) is 4.74 Å². The van der Waals surface area contributed by atoms with Crippen LogP contribution in [0.1, 0.15) is 17.4 Å². The van der Waals surface area contributed by atoms with Gasteiger partial charge in [0.2, 0.25) is 0 Å². The first-order valence-corrected chi connectivity index (χ1v) is 5.18. The van der Waals surface area contributed by atoms with Crippen molar-refractivity contribution < 1.29 is 20.1 Å². The van der Waals surface area contributed by atoms with Crippen molar-refractivity contribution in [1.29, 1.82) is 0 Å². The van der Waals surface area contributed by atoms with Gasteiger partial charge in [0.1, 0.15) is 24.4 Å². The Morgan fingerprint density at radius 1 is 1.31 bits per heavy atom. The molecule has 16 heavy (non-hydrogen) atoms. The third kappa shape index (κ3) is 1.94. The highest BCUT2D eigenvalue weighted by atomic mass is 16.6. The van der Waals surface area contributed by atoms with Crippen molar-refractivity contribution in [3.05, 3.63) is 29.6 Å². The number of nitrogens with zero attached hydrogens (tertiary/aromatic N) is 1. The number of aryl methyl sites for hydroxylation is 1. The van der Waals surface area contributed by atoms with Gasteiger partial charge in [-0.25, -0.2) is 0 Å². The van der Waals surface area contributed by atoms with Gasteiger partial charge in [0.15, 0.2) is 0 Å². The zero-order valence-electron chi connectivity index (χ0n) is 8.95. The summed E-state index contributed by atoms with van der Waals surface area (Å²) in [6.07, 6.45) is -1.87. The number of aliphatic hydroxyl groups is 3. The predicted octanol–water partition coefficient (Wildman–Crippen LogP) is -0.456. The van der Waals surface area contributed by atoms with E-state index >= 15 is 0 Å². The quantitative estimate of drug-likeness (QED) is 0.634. The fourth-order valence-electron chi connectivity index (χ4n) is 1.79. The molecular weight excluding hydrogens is 210 g/mol. The number of pyridine rings is 1. The Morgan fingerprint density at radius 2 is 2.06 bits per heavy atom. The highest BCUT2D eigenvalue weighted by Gasteiger charge is 2.43. The molecule has 1 aromatic rings. The van der Waals surface area contributed by atoms with Crippen LogP contribution in [0.5, 0.6) is 0 Å². The van der Waals surface area contributed by atoms with Gasteiger partial charge in [-0.15, -0.1) is 0 Å². The van der Waals surface area contributed by atoms with E-state index in [9.17, 15) is 10.2 Å². The van der Waals surface area contributed by atoms with Gasteiger partial charge in [-0.3, -0.25) is 4.98 Å².